The predicted molar refractivity (Wildman–Crippen MR) is 93.3 cm³/mol. The normalized spacial score (nSPS) is 18.1. The molecule has 2 N–H and O–H groups in total. The monoisotopic (exact) mass is 326 g/mol. The van der Waals surface area contributed by atoms with Crippen LogP contribution in [0.5, 0.6) is 5.75 Å². The van der Waals surface area contributed by atoms with Gasteiger partial charge in [0.1, 0.15) is 11.3 Å². The molecule has 2 aromatic rings. The summed E-state index contributed by atoms with van der Waals surface area (Å²) >= 11 is 0. The fraction of sp³-hybridized carbons (Fsp3) is 0.316. The fourth-order valence-electron chi connectivity index (χ4n) is 3.28. The summed E-state index contributed by atoms with van der Waals surface area (Å²) in [7, 11) is 0. The molecule has 0 aliphatic carbocycles. The highest BCUT2D eigenvalue weighted by atomic mass is 16.4. The van der Waals surface area contributed by atoms with Crippen molar-refractivity contribution in [1.82, 2.24) is 4.90 Å². The van der Waals surface area contributed by atoms with Crippen LogP contribution in [0.1, 0.15) is 12.5 Å². The van der Waals surface area contributed by atoms with Crippen LogP contribution in [0.15, 0.2) is 54.6 Å². The highest BCUT2D eigenvalue weighted by Gasteiger charge is 2.42. The lowest BCUT2D eigenvalue weighted by atomic mass is 9.89. The quantitative estimate of drug-likeness (QED) is 0.904. The Labute approximate surface area is 141 Å². The van der Waals surface area contributed by atoms with Crippen molar-refractivity contribution in [1.29, 1.82) is 0 Å². The number of carboxylic acid groups (broad SMARTS) is 1. The van der Waals surface area contributed by atoms with Crippen molar-refractivity contribution in [3.05, 3.63) is 60.2 Å². The van der Waals surface area contributed by atoms with E-state index in [2.05, 4.69) is 4.90 Å². The van der Waals surface area contributed by atoms with E-state index in [1.165, 1.54) is 0 Å². The Balaban J connectivity index is 1.77. The number of carboxylic acids is 1. The summed E-state index contributed by atoms with van der Waals surface area (Å²) in [5, 5.41) is 19.3. The molecule has 0 aromatic heterocycles. The van der Waals surface area contributed by atoms with Gasteiger partial charge in [-0.3, -0.25) is 4.90 Å². The second kappa shape index (κ2) is 6.53. The highest BCUT2D eigenvalue weighted by molar-refractivity contribution is 5.80. The zero-order chi connectivity index (χ0) is 17.2. The molecule has 0 radical (unpaired) electrons. The Morgan fingerprint density at radius 2 is 1.54 bits per heavy atom. The van der Waals surface area contributed by atoms with E-state index in [4.69, 9.17) is 0 Å². The number of aliphatic carboxylic acids is 1. The van der Waals surface area contributed by atoms with Crippen LogP contribution in [0.25, 0.3) is 0 Å². The predicted octanol–water partition coefficient (Wildman–Crippen LogP) is 2.51. The molecule has 1 unspecified atom stereocenters. The van der Waals surface area contributed by atoms with Crippen LogP contribution < -0.4 is 4.90 Å². The molecule has 3 rings (SSSR count). The zero-order valence-corrected chi connectivity index (χ0v) is 13.7. The number of phenols is 1. The molecule has 0 saturated carbocycles. The summed E-state index contributed by atoms with van der Waals surface area (Å²) < 4.78 is 0. The van der Waals surface area contributed by atoms with Crippen LogP contribution in [0, 0.1) is 0 Å². The van der Waals surface area contributed by atoms with Gasteiger partial charge in [-0.25, -0.2) is 4.79 Å². The average Bonchev–Trinajstić information content (AvgIpc) is 2.62. The maximum Gasteiger partial charge on any atom is 0.328 e. The number of nitrogens with zero attached hydrogens (tertiary/aromatic N) is 2. The van der Waals surface area contributed by atoms with Gasteiger partial charge in [0.15, 0.2) is 0 Å². The van der Waals surface area contributed by atoms with Crippen molar-refractivity contribution in [2.24, 2.45) is 0 Å². The van der Waals surface area contributed by atoms with E-state index < -0.39 is 11.5 Å². The van der Waals surface area contributed by atoms with E-state index >= 15 is 0 Å². The molecule has 126 valence electrons. The smallest absolute Gasteiger partial charge is 0.328 e. The molecule has 5 heteroatoms. The van der Waals surface area contributed by atoms with Crippen LogP contribution in [-0.2, 0) is 10.3 Å². The van der Waals surface area contributed by atoms with Crippen molar-refractivity contribution in [2.45, 2.75) is 12.5 Å². The average molecular weight is 326 g/mol. The molecular weight excluding hydrogens is 304 g/mol. The molecule has 5 nitrogen and oxygen atoms in total. The third-order valence-electron chi connectivity index (χ3n) is 4.88. The molecule has 1 aliphatic heterocycles. The molecule has 1 heterocycles. The lowest BCUT2D eigenvalue weighted by Gasteiger charge is -2.44. The number of aromatic hydroxyl groups is 1. The van der Waals surface area contributed by atoms with Crippen molar-refractivity contribution >= 4 is 11.7 Å². The maximum absolute atomic E-state index is 12.0. The van der Waals surface area contributed by atoms with Crippen LogP contribution in [0.4, 0.5) is 5.69 Å². The molecular formula is C19H22N2O3. The Kier molecular flexibility index (Phi) is 4.44. The molecule has 1 fully saturated rings. The summed E-state index contributed by atoms with van der Waals surface area (Å²) in [4.78, 5) is 16.3. The summed E-state index contributed by atoms with van der Waals surface area (Å²) in [5.74, 6) is -0.577. The summed E-state index contributed by atoms with van der Waals surface area (Å²) in [6.45, 7) is 4.61. The molecule has 1 aliphatic rings. The first-order valence-electron chi connectivity index (χ1n) is 8.10. The second-order valence-corrected chi connectivity index (χ2v) is 6.23. The summed E-state index contributed by atoms with van der Waals surface area (Å²) in [6, 6.07) is 16.5. The van der Waals surface area contributed by atoms with Gasteiger partial charge in [-0.2, -0.15) is 0 Å². The first kappa shape index (κ1) is 16.3. The molecule has 1 saturated heterocycles. The largest absolute Gasteiger partial charge is 0.508 e. The Bertz CT molecular complexity index is 694. The van der Waals surface area contributed by atoms with E-state index in [1.807, 2.05) is 47.4 Å². The van der Waals surface area contributed by atoms with Gasteiger partial charge in [0.05, 0.1) is 0 Å². The third-order valence-corrected chi connectivity index (χ3v) is 4.88. The van der Waals surface area contributed by atoms with Crippen LogP contribution >= 0.6 is 0 Å². The number of phenolic OH excluding ortho intramolecular Hbond substituents is 1. The van der Waals surface area contributed by atoms with E-state index in [9.17, 15) is 15.0 Å². The van der Waals surface area contributed by atoms with Crippen molar-refractivity contribution in [3.8, 4) is 5.75 Å². The molecule has 1 atom stereocenters. The molecule has 0 bridgehead atoms. The SMILES string of the molecule is CC(C(=O)O)(c1ccccc1)N1CCN(c2ccc(O)cc2)CC1. The number of piperazine rings is 1. The molecule has 0 spiro atoms. The van der Waals surface area contributed by atoms with E-state index in [0.717, 1.165) is 24.3 Å². The van der Waals surface area contributed by atoms with E-state index in [-0.39, 0.29) is 5.75 Å². The standard InChI is InChI=1S/C19H22N2O3/c1-19(18(23)24,15-5-3-2-4-6-15)21-13-11-20(12-14-21)16-7-9-17(22)10-8-16/h2-10,22H,11-14H2,1H3,(H,23,24). The summed E-state index contributed by atoms with van der Waals surface area (Å²) in [5.41, 5.74) is 0.822. The van der Waals surface area contributed by atoms with E-state index in [1.54, 1.807) is 19.1 Å². The van der Waals surface area contributed by atoms with Crippen LogP contribution in [0.2, 0.25) is 0 Å². The Morgan fingerprint density at radius 3 is 2.08 bits per heavy atom. The number of carbonyl (C=O) groups is 1. The van der Waals surface area contributed by atoms with Crippen LogP contribution in [0.3, 0.4) is 0 Å². The lowest BCUT2D eigenvalue weighted by Crippen LogP contribution is -2.57. The van der Waals surface area contributed by atoms with Crippen molar-refractivity contribution in [2.75, 3.05) is 31.1 Å². The van der Waals surface area contributed by atoms with Crippen molar-refractivity contribution in [3.63, 3.8) is 0 Å². The highest BCUT2D eigenvalue weighted by Crippen LogP contribution is 2.30. The van der Waals surface area contributed by atoms with E-state index in [0.29, 0.717) is 13.1 Å². The minimum atomic E-state index is -1.03. The van der Waals surface area contributed by atoms with Gasteiger partial charge < -0.3 is 15.1 Å². The van der Waals surface area contributed by atoms with Crippen molar-refractivity contribution < 1.29 is 15.0 Å². The Hall–Kier alpha value is -2.53. The van der Waals surface area contributed by atoms with Gasteiger partial charge in [-0.05, 0) is 36.8 Å². The number of rotatable bonds is 4. The zero-order valence-electron chi connectivity index (χ0n) is 13.7. The van der Waals surface area contributed by atoms with Gasteiger partial charge >= 0.3 is 5.97 Å². The molecule has 0 amide bonds. The van der Waals surface area contributed by atoms with Gasteiger partial charge in [-0.15, -0.1) is 0 Å². The minimum Gasteiger partial charge on any atom is -0.508 e. The third kappa shape index (κ3) is 2.95. The first-order chi connectivity index (χ1) is 11.5. The topological polar surface area (TPSA) is 64.0 Å². The van der Waals surface area contributed by atoms with Gasteiger partial charge in [-0.1, -0.05) is 30.3 Å². The first-order valence-corrected chi connectivity index (χ1v) is 8.10. The number of hydrogen-bond donors (Lipinski definition) is 2. The minimum absolute atomic E-state index is 0.250. The fourth-order valence-corrected chi connectivity index (χ4v) is 3.28. The number of benzene rings is 2. The number of hydrogen-bond acceptors (Lipinski definition) is 4. The Morgan fingerprint density at radius 1 is 0.958 bits per heavy atom. The number of anilines is 1. The second-order valence-electron chi connectivity index (χ2n) is 6.23. The summed E-state index contributed by atoms with van der Waals surface area (Å²) in [6.07, 6.45) is 0. The molecule has 2 aromatic carbocycles. The lowest BCUT2D eigenvalue weighted by molar-refractivity contribution is -0.151. The van der Waals surface area contributed by atoms with Gasteiger partial charge in [0.2, 0.25) is 0 Å². The van der Waals surface area contributed by atoms with Gasteiger partial charge in [0.25, 0.3) is 0 Å². The maximum atomic E-state index is 12.0. The van der Waals surface area contributed by atoms with Gasteiger partial charge in [0, 0.05) is 31.9 Å². The van der Waals surface area contributed by atoms with Crippen LogP contribution in [-0.4, -0.2) is 47.3 Å². The molecule has 24 heavy (non-hydrogen) atoms.